The number of hydrogen-bond donors (Lipinski definition) is 2. The third kappa shape index (κ3) is 2.79. The number of nitro benzene ring substituents is 1. The van der Waals surface area contributed by atoms with Gasteiger partial charge in [-0.2, -0.15) is 5.26 Å². The van der Waals surface area contributed by atoms with Crippen LogP contribution < -0.4 is 11.1 Å². The van der Waals surface area contributed by atoms with E-state index in [0.29, 0.717) is 22.1 Å². The number of nitrogens with zero attached hydrogens (tertiary/aromatic N) is 2. The van der Waals surface area contributed by atoms with Crippen LogP contribution in [0.3, 0.4) is 0 Å². The molecule has 6 nitrogen and oxygen atoms in total. The van der Waals surface area contributed by atoms with Crippen molar-refractivity contribution in [2.45, 2.75) is 0 Å². The van der Waals surface area contributed by atoms with Crippen molar-refractivity contribution in [1.82, 2.24) is 0 Å². The van der Waals surface area contributed by atoms with Crippen LogP contribution in [0.4, 0.5) is 22.7 Å². The first-order valence-corrected chi connectivity index (χ1v) is 5.89. The molecule has 0 radical (unpaired) electrons. The van der Waals surface area contributed by atoms with Gasteiger partial charge in [-0.1, -0.05) is 11.6 Å². The van der Waals surface area contributed by atoms with Gasteiger partial charge >= 0.3 is 0 Å². The van der Waals surface area contributed by atoms with Crippen molar-refractivity contribution in [3.63, 3.8) is 0 Å². The van der Waals surface area contributed by atoms with Crippen LogP contribution in [0.5, 0.6) is 0 Å². The Morgan fingerprint density at radius 1 is 1.30 bits per heavy atom. The van der Waals surface area contributed by atoms with Gasteiger partial charge in [-0.25, -0.2) is 0 Å². The summed E-state index contributed by atoms with van der Waals surface area (Å²) in [7, 11) is 0. The van der Waals surface area contributed by atoms with Gasteiger partial charge in [0.25, 0.3) is 5.69 Å². The smallest absolute Gasteiger partial charge is 0.289 e. The first-order chi connectivity index (χ1) is 9.51. The first kappa shape index (κ1) is 13.6. The molecule has 20 heavy (non-hydrogen) atoms. The van der Waals surface area contributed by atoms with E-state index in [9.17, 15) is 10.1 Å². The zero-order valence-electron chi connectivity index (χ0n) is 10.1. The van der Waals surface area contributed by atoms with E-state index in [2.05, 4.69) is 5.32 Å². The Labute approximate surface area is 119 Å². The van der Waals surface area contributed by atoms with Gasteiger partial charge in [0.05, 0.1) is 15.6 Å². The molecule has 0 aliphatic carbocycles. The highest BCUT2D eigenvalue weighted by atomic mass is 35.5. The van der Waals surface area contributed by atoms with Gasteiger partial charge in [0.1, 0.15) is 11.6 Å². The standard InChI is InChI=1S/C13H9ClN4O2/c14-11-4-2-9(16)5-12(11)17-10-3-1-8(7-15)13(6-10)18(19)20/h1-6,17H,16H2. The number of nitro groups is 1. The SMILES string of the molecule is N#Cc1ccc(Nc2cc(N)ccc2Cl)cc1[N+](=O)[O-]. The molecule has 2 aromatic rings. The maximum atomic E-state index is 10.9. The molecule has 0 atom stereocenters. The molecule has 0 heterocycles. The fourth-order valence-corrected chi connectivity index (χ4v) is 1.81. The molecule has 0 unspecified atom stereocenters. The summed E-state index contributed by atoms with van der Waals surface area (Å²) in [5, 5.41) is 23.1. The second-order valence-corrected chi connectivity index (χ2v) is 4.37. The number of nitrogens with two attached hydrogens (primary N) is 1. The molecule has 0 aliphatic rings. The summed E-state index contributed by atoms with van der Waals surface area (Å²) in [5.74, 6) is 0. The van der Waals surface area contributed by atoms with E-state index in [0.717, 1.165) is 0 Å². The van der Waals surface area contributed by atoms with Crippen LogP contribution >= 0.6 is 11.6 Å². The lowest BCUT2D eigenvalue weighted by Gasteiger charge is -2.09. The molecule has 0 spiro atoms. The van der Waals surface area contributed by atoms with Gasteiger partial charge in [0, 0.05) is 17.4 Å². The lowest BCUT2D eigenvalue weighted by molar-refractivity contribution is -0.385. The van der Waals surface area contributed by atoms with Crippen molar-refractivity contribution < 1.29 is 4.92 Å². The van der Waals surface area contributed by atoms with Crippen molar-refractivity contribution in [1.29, 1.82) is 5.26 Å². The Kier molecular flexibility index (Phi) is 3.73. The Balaban J connectivity index is 2.40. The predicted molar refractivity (Wildman–Crippen MR) is 77.0 cm³/mol. The largest absolute Gasteiger partial charge is 0.399 e. The highest BCUT2D eigenvalue weighted by Crippen LogP contribution is 2.30. The van der Waals surface area contributed by atoms with Crippen LogP contribution in [0.2, 0.25) is 5.02 Å². The van der Waals surface area contributed by atoms with E-state index in [1.165, 1.54) is 12.1 Å². The van der Waals surface area contributed by atoms with Gasteiger partial charge < -0.3 is 11.1 Å². The number of nitrogens with one attached hydrogen (secondary N) is 1. The van der Waals surface area contributed by atoms with E-state index in [-0.39, 0.29) is 11.3 Å². The summed E-state index contributed by atoms with van der Waals surface area (Å²) >= 11 is 6.00. The van der Waals surface area contributed by atoms with Crippen molar-refractivity contribution in [2.75, 3.05) is 11.1 Å². The molecule has 2 rings (SSSR count). The van der Waals surface area contributed by atoms with E-state index in [1.54, 1.807) is 30.3 Å². The van der Waals surface area contributed by atoms with Crippen molar-refractivity contribution in [3.8, 4) is 6.07 Å². The Hall–Kier alpha value is -2.78. The van der Waals surface area contributed by atoms with Gasteiger partial charge in [-0.15, -0.1) is 0 Å². The first-order valence-electron chi connectivity index (χ1n) is 5.52. The third-order valence-electron chi connectivity index (χ3n) is 2.58. The lowest BCUT2D eigenvalue weighted by atomic mass is 10.1. The monoisotopic (exact) mass is 288 g/mol. The van der Waals surface area contributed by atoms with E-state index >= 15 is 0 Å². The minimum Gasteiger partial charge on any atom is -0.399 e. The maximum absolute atomic E-state index is 10.9. The molecule has 0 aromatic heterocycles. The van der Waals surface area contributed by atoms with E-state index < -0.39 is 4.92 Å². The Morgan fingerprint density at radius 2 is 2.05 bits per heavy atom. The fourth-order valence-electron chi connectivity index (χ4n) is 1.65. The molecule has 0 fully saturated rings. The summed E-state index contributed by atoms with van der Waals surface area (Å²) in [6, 6.07) is 10.9. The van der Waals surface area contributed by atoms with Crippen molar-refractivity contribution in [2.24, 2.45) is 0 Å². The zero-order valence-corrected chi connectivity index (χ0v) is 10.9. The zero-order chi connectivity index (χ0) is 14.7. The van der Waals surface area contributed by atoms with Crippen molar-refractivity contribution in [3.05, 3.63) is 57.1 Å². The molecule has 0 amide bonds. The molecular formula is C13H9ClN4O2. The van der Waals surface area contributed by atoms with Crippen LogP contribution in [-0.4, -0.2) is 4.92 Å². The second-order valence-electron chi connectivity index (χ2n) is 3.97. The van der Waals surface area contributed by atoms with Gasteiger partial charge in [0.2, 0.25) is 0 Å². The van der Waals surface area contributed by atoms with Crippen LogP contribution in [0.15, 0.2) is 36.4 Å². The average Bonchev–Trinajstić information content (AvgIpc) is 2.42. The van der Waals surface area contributed by atoms with Gasteiger partial charge in [-0.05, 0) is 30.3 Å². The Bertz CT molecular complexity index is 725. The average molecular weight is 289 g/mol. The number of hydrogen-bond acceptors (Lipinski definition) is 5. The summed E-state index contributed by atoms with van der Waals surface area (Å²) in [6.07, 6.45) is 0. The number of anilines is 3. The van der Waals surface area contributed by atoms with E-state index in [1.807, 2.05) is 0 Å². The van der Waals surface area contributed by atoms with Crippen molar-refractivity contribution >= 4 is 34.4 Å². The third-order valence-corrected chi connectivity index (χ3v) is 2.91. The van der Waals surface area contributed by atoms with Crippen LogP contribution in [0.25, 0.3) is 0 Å². The minimum absolute atomic E-state index is 0.000720. The van der Waals surface area contributed by atoms with E-state index in [4.69, 9.17) is 22.6 Å². The summed E-state index contributed by atoms with van der Waals surface area (Å²) < 4.78 is 0. The molecule has 2 aromatic carbocycles. The summed E-state index contributed by atoms with van der Waals surface area (Å²) in [4.78, 5) is 10.3. The number of benzene rings is 2. The molecular weight excluding hydrogens is 280 g/mol. The fraction of sp³-hybridized carbons (Fsp3) is 0. The second kappa shape index (κ2) is 5.47. The quantitative estimate of drug-likeness (QED) is 0.511. The molecule has 0 saturated heterocycles. The number of nitriles is 1. The number of rotatable bonds is 3. The normalized spacial score (nSPS) is 9.80. The number of halogens is 1. The summed E-state index contributed by atoms with van der Waals surface area (Å²) in [6.45, 7) is 0. The maximum Gasteiger partial charge on any atom is 0.289 e. The molecule has 7 heteroatoms. The summed E-state index contributed by atoms with van der Waals surface area (Å²) in [5.41, 5.74) is 6.88. The topological polar surface area (TPSA) is 105 Å². The van der Waals surface area contributed by atoms with Crippen LogP contribution in [-0.2, 0) is 0 Å². The molecule has 0 bridgehead atoms. The van der Waals surface area contributed by atoms with Gasteiger partial charge in [0.15, 0.2) is 0 Å². The molecule has 0 saturated carbocycles. The molecule has 100 valence electrons. The number of nitrogen functional groups attached to an aromatic ring is 1. The highest BCUT2D eigenvalue weighted by Gasteiger charge is 2.14. The van der Waals surface area contributed by atoms with Crippen LogP contribution in [0, 0.1) is 21.4 Å². The highest BCUT2D eigenvalue weighted by molar-refractivity contribution is 6.33. The van der Waals surface area contributed by atoms with Gasteiger partial charge in [-0.3, -0.25) is 10.1 Å². The molecule has 3 N–H and O–H groups in total. The minimum atomic E-state index is -0.606. The Morgan fingerprint density at radius 3 is 2.70 bits per heavy atom. The van der Waals surface area contributed by atoms with Crippen LogP contribution in [0.1, 0.15) is 5.56 Å². The molecule has 0 aliphatic heterocycles. The lowest BCUT2D eigenvalue weighted by Crippen LogP contribution is -1.97. The predicted octanol–water partition coefficient (Wildman–Crippen LogP) is 3.45.